The minimum absolute atomic E-state index is 0.0457. The smallest absolute Gasteiger partial charge is 0.244 e. The molecule has 0 saturated carbocycles. The molecule has 3 aromatic carbocycles. The highest BCUT2D eigenvalue weighted by atomic mass is 35.5. The van der Waals surface area contributed by atoms with Crippen LogP contribution in [0.5, 0.6) is 0 Å². The number of aryl methyl sites for hydroxylation is 1. The zero-order chi connectivity index (χ0) is 20.4. The first kappa shape index (κ1) is 20.0. The molecule has 0 aromatic heterocycles. The fraction of sp³-hybridized carbons (Fsp3) is 0.208. The largest absolute Gasteiger partial charge is 0.303 e. The molecule has 1 heterocycles. The molecule has 5 heteroatoms. The van der Waals surface area contributed by atoms with Gasteiger partial charge in [0.2, 0.25) is 5.91 Å². The number of nitrogens with zero attached hydrogens (tertiary/aromatic N) is 1. The Labute approximate surface area is 181 Å². The first-order valence-electron chi connectivity index (χ1n) is 9.65. The van der Waals surface area contributed by atoms with Gasteiger partial charge in [0.1, 0.15) is 0 Å². The molecular formula is C24H22Cl2N2O. The van der Waals surface area contributed by atoms with E-state index < -0.39 is 0 Å². The minimum Gasteiger partial charge on any atom is -0.303 e. The van der Waals surface area contributed by atoms with Gasteiger partial charge in [-0.15, -0.1) is 0 Å². The summed E-state index contributed by atoms with van der Waals surface area (Å²) in [4.78, 5) is 15.2. The molecule has 148 valence electrons. The van der Waals surface area contributed by atoms with Crippen LogP contribution >= 0.6 is 23.2 Å². The Kier molecular flexibility index (Phi) is 5.91. The fourth-order valence-corrected chi connectivity index (χ4v) is 4.18. The molecule has 29 heavy (non-hydrogen) atoms. The molecule has 1 saturated heterocycles. The van der Waals surface area contributed by atoms with E-state index in [-0.39, 0.29) is 18.0 Å². The number of halogens is 2. The fourth-order valence-electron chi connectivity index (χ4n) is 3.79. The van der Waals surface area contributed by atoms with Crippen molar-refractivity contribution >= 4 is 34.8 Å². The summed E-state index contributed by atoms with van der Waals surface area (Å²) in [5, 5.41) is 4.75. The van der Waals surface area contributed by atoms with Crippen LogP contribution in [0.1, 0.15) is 29.2 Å². The van der Waals surface area contributed by atoms with Crippen LogP contribution in [-0.2, 0) is 11.3 Å². The maximum Gasteiger partial charge on any atom is 0.244 e. The van der Waals surface area contributed by atoms with E-state index in [0.29, 0.717) is 23.0 Å². The average Bonchev–Trinajstić information content (AvgIpc) is 3.05. The van der Waals surface area contributed by atoms with Gasteiger partial charge in [0.15, 0.2) is 0 Å². The molecule has 0 unspecified atom stereocenters. The van der Waals surface area contributed by atoms with Crippen molar-refractivity contribution in [3.05, 3.63) is 99.5 Å². The number of hydrogen-bond acceptors (Lipinski definition) is 2. The Morgan fingerprint density at radius 1 is 0.966 bits per heavy atom. The highest BCUT2D eigenvalue weighted by molar-refractivity contribution is 6.31. The predicted molar refractivity (Wildman–Crippen MR) is 120 cm³/mol. The highest BCUT2D eigenvalue weighted by Gasteiger charge is 2.41. The standard InChI is InChI=1S/C24H22Cl2N2O/c1-16-6-8-17(9-7-16)15-27-22-14-23(20-4-2-3-5-21(20)26)28(24(22)29)19-12-10-18(25)11-13-19/h2-13,22-23,27H,14-15H2,1H3/t22-,23-/m0/s1. The van der Waals surface area contributed by atoms with Crippen molar-refractivity contribution in [3.63, 3.8) is 0 Å². The number of benzene rings is 3. The maximum atomic E-state index is 13.3. The summed E-state index contributed by atoms with van der Waals surface area (Å²) in [5.74, 6) is 0.0457. The van der Waals surface area contributed by atoms with Crippen LogP contribution < -0.4 is 10.2 Å². The van der Waals surface area contributed by atoms with Crippen LogP contribution in [-0.4, -0.2) is 11.9 Å². The van der Waals surface area contributed by atoms with Crippen molar-refractivity contribution in [2.45, 2.75) is 32.0 Å². The van der Waals surface area contributed by atoms with Gasteiger partial charge in [0.25, 0.3) is 0 Å². The number of anilines is 1. The normalized spacial score (nSPS) is 19.0. The third-order valence-electron chi connectivity index (χ3n) is 5.35. The molecule has 1 fully saturated rings. The van der Waals surface area contributed by atoms with E-state index in [0.717, 1.165) is 16.8 Å². The van der Waals surface area contributed by atoms with Crippen molar-refractivity contribution < 1.29 is 4.79 Å². The van der Waals surface area contributed by atoms with Crippen molar-refractivity contribution in [2.75, 3.05) is 4.90 Å². The monoisotopic (exact) mass is 424 g/mol. The summed E-state index contributed by atoms with van der Waals surface area (Å²) in [6.07, 6.45) is 0.650. The zero-order valence-electron chi connectivity index (χ0n) is 16.1. The van der Waals surface area contributed by atoms with E-state index >= 15 is 0 Å². The molecule has 4 rings (SSSR count). The number of rotatable bonds is 5. The molecule has 1 N–H and O–H groups in total. The summed E-state index contributed by atoms with van der Waals surface area (Å²) >= 11 is 12.5. The van der Waals surface area contributed by atoms with Crippen molar-refractivity contribution in [1.82, 2.24) is 5.32 Å². The first-order valence-corrected chi connectivity index (χ1v) is 10.4. The molecule has 3 aromatic rings. The van der Waals surface area contributed by atoms with Gasteiger partial charge in [0.05, 0.1) is 12.1 Å². The number of nitrogens with one attached hydrogen (secondary N) is 1. The van der Waals surface area contributed by atoms with Crippen molar-refractivity contribution in [1.29, 1.82) is 0 Å². The molecule has 2 atom stereocenters. The second kappa shape index (κ2) is 8.58. The Morgan fingerprint density at radius 3 is 2.34 bits per heavy atom. The van der Waals surface area contributed by atoms with E-state index in [1.165, 1.54) is 5.56 Å². The van der Waals surface area contributed by atoms with Crippen molar-refractivity contribution in [3.8, 4) is 0 Å². The molecule has 0 bridgehead atoms. The zero-order valence-corrected chi connectivity index (χ0v) is 17.6. The van der Waals surface area contributed by atoms with E-state index in [4.69, 9.17) is 23.2 Å². The molecule has 3 nitrogen and oxygen atoms in total. The number of hydrogen-bond donors (Lipinski definition) is 1. The van der Waals surface area contributed by atoms with Crippen LogP contribution in [0.2, 0.25) is 10.0 Å². The van der Waals surface area contributed by atoms with E-state index in [9.17, 15) is 4.79 Å². The average molecular weight is 425 g/mol. The third-order valence-corrected chi connectivity index (χ3v) is 5.94. The Morgan fingerprint density at radius 2 is 1.66 bits per heavy atom. The highest BCUT2D eigenvalue weighted by Crippen LogP contribution is 2.40. The molecule has 0 spiro atoms. The van der Waals surface area contributed by atoms with Gasteiger partial charge in [0, 0.05) is 22.3 Å². The van der Waals surface area contributed by atoms with Gasteiger partial charge in [-0.05, 0) is 54.8 Å². The van der Waals surface area contributed by atoms with Crippen LogP contribution in [0.15, 0.2) is 72.8 Å². The summed E-state index contributed by atoms with van der Waals surface area (Å²) in [6.45, 7) is 2.70. The van der Waals surface area contributed by atoms with Gasteiger partial charge >= 0.3 is 0 Å². The lowest BCUT2D eigenvalue weighted by Gasteiger charge is -2.26. The molecule has 1 amide bonds. The van der Waals surface area contributed by atoms with Crippen LogP contribution in [0.25, 0.3) is 0 Å². The van der Waals surface area contributed by atoms with Crippen molar-refractivity contribution in [2.24, 2.45) is 0 Å². The Hall–Kier alpha value is -2.33. The second-order valence-electron chi connectivity index (χ2n) is 7.38. The minimum atomic E-state index is -0.284. The molecule has 0 aliphatic carbocycles. The quantitative estimate of drug-likeness (QED) is 0.549. The molecular weight excluding hydrogens is 403 g/mol. The summed E-state index contributed by atoms with van der Waals surface area (Å²) in [7, 11) is 0. The van der Waals surface area contributed by atoms with E-state index in [1.54, 1.807) is 12.1 Å². The first-order chi connectivity index (χ1) is 14.0. The predicted octanol–water partition coefficient (Wildman–Crippen LogP) is 5.94. The van der Waals surface area contributed by atoms with Gasteiger partial charge < -0.3 is 10.2 Å². The molecule has 0 radical (unpaired) electrons. The topological polar surface area (TPSA) is 32.3 Å². The van der Waals surface area contributed by atoms with Crippen LogP contribution in [0, 0.1) is 6.92 Å². The third kappa shape index (κ3) is 4.32. The number of carbonyl (C=O) groups excluding carboxylic acids is 1. The Balaban J connectivity index is 1.61. The second-order valence-corrected chi connectivity index (χ2v) is 8.22. The lowest BCUT2D eigenvalue weighted by molar-refractivity contribution is -0.119. The van der Waals surface area contributed by atoms with Gasteiger partial charge in [-0.2, -0.15) is 0 Å². The Bertz CT molecular complexity index is 1000. The summed E-state index contributed by atoms with van der Waals surface area (Å²) in [5.41, 5.74) is 4.15. The maximum absolute atomic E-state index is 13.3. The summed E-state index contributed by atoms with van der Waals surface area (Å²) in [6, 6.07) is 23.0. The van der Waals surface area contributed by atoms with Gasteiger partial charge in [-0.25, -0.2) is 0 Å². The lowest BCUT2D eigenvalue weighted by atomic mass is 10.0. The molecule has 1 aliphatic rings. The number of carbonyl (C=O) groups is 1. The summed E-state index contributed by atoms with van der Waals surface area (Å²) < 4.78 is 0. The van der Waals surface area contributed by atoms with Gasteiger partial charge in [-0.3, -0.25) is 4.79 Å². The van der Waals surface area contributed by atoms with Crippen LogP contribution in [0.4, 0.5) is 5.69 Å². The molecule has 1 aliphatic heterocycles. The van der Waals surface area contributed by atoms with Gasteiger partial charge in [-0.1, -0.05) is 71.2 Å². The van der Waals surface area contributed by atoms with Crippen LogP contribution in [0.3, 0.4) is 0 Å². The van der Waals surface area contributed by atoms with E-state index in [1.807, 2.05) is 41.3 Å². The SMILES string of the molecule is Cc1ccc(CN[C@H]2C[C@@H](c3ccccc3Cl)N(c3ccc(Cl)cc3)C2=O)cc1. The number of amides is 1. The van der Waals surface area contributed by atoms with E-state index in [2.05, 4.69) is 36.5 Å². The lowest BCUT2D eigenvalue weighted by Crippen LogP contribution is -2.38.